The van der Waals surface area contributed by atoms with Gasteiger partial charge in [0, 0.05) is 15.2 Å². The Morgan fingerprint density at radius 3 is 2.93 bits per heavy atom. The molecule has 2 aromatic heterocycles. The Hall–Kier alpha value is -0.240. The van der Waals surface area contributed by atoms with E-state index in [0.717, 1.165) is 14.5 Å². The third kappa shape index (κ3) is 2.30. The first-order chi connectivity index (χ1) is 7.08. The van der Waals surface area contributed by atoms with Crippen LogP contribution in [0.25, 0.3) is 10.9 Å². The fourth-order valence-electron chi connectivity index (χ4n) is 1.42. The average molecular weight is 387 g/mol. The standard InChI is InChI=1S/C9H6BrF2IN2/c10-8-1-5-6(13)3-15(4-9(11)12)7(5)2-14-8/h1-3,9H,4H2. The second kappa shape index (κ2) is 4.32. The molecule has 0 bridgehead atoms. The van der Waals surface area contributed by atoms with Gasteiger partial charge in [0.1, 0.15) is 4.60 Å². The van der Waals surface area contributed by atoms with Crippen LogP contribution < -0.4 is 0 Å². The van der Waals surface area contributed by atoms with Crippen LogP contribution >= 0.6 is 38.5 Å². The number of hydrogen-bond acceptors (Lipinski definition) is 1. The van der Waals surface area contributed by atoms with Crippen LogP contribution in [0.1, 0.15) is 0 Å². The summed E-state index contributed by atoms with van der Waals surface area (Å²) in [6.07, 6.45) is 0.968. The summed E-state index contributed by atoms with van der Waals surface area (Å²) < 4.78 is 27.8. The monoisotopic (exact) mass is 386 g/mol. The molecule has 0 aromatic carbocycles. The fourth-order valence-corrected chi connectivity index (χ4v) is 2.52. The molecule has 0 aliphatic heterocycles. The van der Waals surface area contributed by atoms with E-state index in [4.69, 9.17) is 0 Å². The van der Waals surface area contributed by atoms with Crippen molar-refractivity contribution in [2.45, 2.75) is 13.0 Å². The van der Waals surface area contributed by atoms with Crippen molar-refractivity contribution in [3.8, 4) is 0 Å². The predicted molar refractivity (Wildman–Crippen MR) is 66.2 cm³/mol. The van der Waals surface area contributed by atoms with E-state index < -0.39 is 6.43 Å². The van der Waals surface area contributed by atoms with Crippen LogP contribution in [0.3, 0.4) is 0 Å². The van der Waals surface area contributed by atoms with Gasteiger partial charge in [0.05, 0.1) is 18.3 Å². The summed E-state index contributed by atoms with van der Waals surface area (Å²) in [5.74, 6) is 0. The van der Waals surface area contributed by atoms with Crippen LogP contribution in [0, 0.1) is 3.57 Å². The second-order valence-corrected chi connectivity index (χ2v) is 5.02. The van der Waals surface area contributed by atoms with E-state index >= 15 is 0 Å². The highest BCUT2D eigenvalue weighted by Gasteiger charge is 2.11. The number of pyridine rings is 1. The number of rotatable bonds is 2. The van der Waals surface area contributed by atoms with Gasteiger partial charge in [-0.05, 0) is 44.6 Å². The summed E-state index contributed by atoms with van der Waals surface area (Å²) in [7, 11) is 0. The molecular formula is C9H6BrF2IN2. The lowest BCUT2D eigenvalue weighted by molar-refractivity contribution is 0.128. The molecule has 0 aliphatic carbocycles. The molecule has 0 saturated carbocycles. The minimum absolute atomic E-state index is 0.289. The fraction of sp³-hybridized carbons (Fsp3) is 0.222. The Balaban J connectivity index is 2.57. The molecule has 6 heteroatoms. The Labute approximate surface area is 107 Å². The summed E-state index contributed by atoms with van der Waals surface area (Å²) in [6.45, 7) is -0.289. The van der Waals surface area contributed by atoms with E-state index in [0.29, 0.717) is 4.60 Å². The number of halogens is 4. The number of aromatic nitrogens is 2. The molecule has 2 nitrogen and oxygen atoms in total. The second-order valence-electron chi connectivity index (χ2n) is 3.04. The molecule has 0 unspecified atom stereocenters. The number of alkyl halides is 2. The minimum Gasteiger partial charge on any atom is -0.339 e. The Kier molecular flexibility index (Phi) is 3.24. The zero-order valence-electron chi connectivity index (χ0n) is 7.42. The molecule has 0 radical (unpaired) electrons. The predicted octanol–water partition coefficient (Wildman–Crippen LogP) is 3.67. The lowest BCUT2D eigenvalue weighted by atomic mass is 10.3. The van der Waals surface area contributed by atoms with Gasteiger partial charge in [-0.3, -0.25) is 0 Å². The van der Waals surface area contributed by atoms with E-state index in [1.54, 1.807) is 12.4 Å². The van der Waals surface area contributed by atoms with Gasteiger partial charge in [-0.15, -0.1) is 0 Å². The Morgan fingerprint density at radius 2 is 2.27 bits per heavy atom. The Bertz CT molecular complexity index is 498. The number of nitrogens with zero attached hydrogens (tertiary/aromatic N) is 2. The molecule has 0 fully saturated rings. The molecule has 80 valence electrons. The van der Waals surface area contributed by atoms with Crippen LogP contribution in [-0.2, 0) is 6.54 Å². The van der Waals surface area contributed by atoms with Crippen molar-refractivity contribution >= 4 is 49.4 Å². The maximum atomic E-state index is 12.3. The minimum atomic E-state index is -2.35. The molecule has 0 aliphatic rings. The summed E-state index contributed by atoms with van der Waals surface area (Å²) >= 11 is 5.38. The molecule has 2 aromatic rings. The molecule has 0 amide bonds. The van der Waals surface area contributed by atoms with E-state index in [9.17, 15) is 8.78 Å². The van der Waals surface area contributed by atoms with Gasteiger partial charge in [0.25, 0.3) is 6.43 Å². The highest BCUT2D eigenvalue weighted by atomic mass is 127. The van der Waals surface area contributed by atoms with Gasteiger partial charge in [0.2, 0.25) is 0 Å². The van der Waals surface area contributed by atoms with Crippen LogP contribution in [0.4, 0.5) is 8.78 Å². The van der Waals surface area contributed by atoms with Gasteiger partial charge >= 0.3 is 0 Å². The summed E-state index contributed by atoms with van der Waals surface area (Å²) in [4.78, 5) is 4.04. The van der Waals surface area contributed by atoms with Crippen molar-refractivity contribution in [2.75, 3.05) is 0 Å². The molecular weight excluding hydrogens is 381 g/mol. The largest absolute Gasteiger partial charge is 0.339 e. The highest BCUT2D eigenvalue weighted by molar-refractivity contribution is 14.1. The third-order valence-corrected chi connectivity index (χ3v) is 3.31. The molecule has 0 spiro atoms. The molecule has 2 rings (SSSR count). The zero-order chi connectivity index (χ0) is 11.0. The highest BCUT2D eigenvalue weighted by Crippen LogP contribution is 2.25. The molecule has 15 heavy (non-hydrogen) atoms. The van der Waals surface area contributed by atoms with Crippen molar-refractivity contribution in [1.82, 2.24) is 9.55 Å². The topological polar surface area (TPSA) is 17.8 Å². The lowest BCUT2D eigenvalue weighted by Gasteiger charge is -2.03. The maximum absolute atomic E-state index is 12.3. The molecule has 0 N–H and O–H groups in total. The van der Waals surface area contributed by atoms with E-state index in [1.165, 1.54) is 4.57 Å². The number of hydrogen-bond donors (Lipinski definition) is 0. The van der Waals surface area contributed by atoms with Crippen molar-refractivity contribution in [1.29, 1.82) is 0 Å². The van der Waals surface area contributed by atoms with E-state index in [1.807, 2.05) is 6.07 Å². The van der Waals surface area contributed by atoms with Gasteiger partial charge in [0.15, 0.2) is 0 Å². The first kappa shape index (κ1) is 11.3. The maximum Gasteiger partial charge on any atom is 0.256 e. The average Bonchev–Trinajstić information content (AvgIpc) is 2.42. The summed E-state index contributed by atoms with van der Waals surface area (Å²) in [6, 6.07) is 1.83. The SMILES string of the molecule is FC(F)Cn1cc(I)c2cc(Br)ncc21. The van der Waals surface area contributed by atoms with Crippen LogP contribution in [0.2, 0.25) is 0 Å². The first-order valence-corrected chi connectivity index (χ1v) is 6.03. The lowest BCUT2D eigenvalue weighted by Crippen LogP contribution is -2.04. The van der Waals surface area contributed by atoms with Crippen molar-refractivity contribution in [3.63, 3.8) is 0 Å². The van der Waals surface area contributed by atoms with Gasteiger partial charge in [-0.2, -0.15) is 0 Å². The van der Waals surface area contributed by atoms with Gasteiger partial charge in [-0.1, -0.05) is 0 Å². The molecule has 0 saturated heterocycles. The zero-order valence-corrected chi connectivity index (χ0v) is 11.2. The van der Waals surface area contributed by atoms with Gasteiger partial charge < -0.3 is 4.57 Å². The normalized spacial score (nSPS) is 11.5. The molecule has 2 heterocycles. The van der Waals surface area contributed by atoms with Crippen molar-refractivity contribution < 1.29 is 8.78 Å². The first-order valence-electron chi connectivity index (χ1n) is 4.16. The quantitative estimate of drug-likeness (QED) is 0.568. The Morgan fingerprint density at radius 1 is 1.53 bits per heavy atom. The van der Waals surface area contributed by atoms with Crippen LogP contribution in [-0.4, -0.2) is 16.0 Å². The number of fused-ring (bicyclic) bond motifs is 1. The van der Waals surface area contributed by atoms with Crippen molar-refractivity contribution in [2.24, 2.45) is 0 Å². The van der Waals surface area contributed by atoms with E-state index in [-0.39, 0.29) is 6.54 Å². The molecule has 0 atom stereocenters. The van der Waals surface area contributed by atoms with Crippen LogP contribution in [0.15, 0.2) is 23.1 Å². The van der Waals surface area contributed by atoms with Crippen molar-refractivity contribution in [3.05, 3.63) is 26.6 Å². The third-order valence-electron chi connectivity index (χ3n) is 2.02. The van der Waals surface area contributed by atoms with Gasteiger partial charge in [-0.25, -0.2) is 13.8 Å². The smallest absolute Gasteiger partial charge is 0.256 e. The summed E-state index contributed by atoms with van der Waals surface area (Å²) in [5.41, 5.74) is 0.739. The van der Waals surface area contributed by atoms with Crippen LogP contribution in [0.5, 0.6) is 0 Å². The summed E-state index contributed by atoms with van der Waals surface area (Å²) in [5, 5.41) is 0.943. The van der Waals surface area contributed by atoms with E-state index in [2.05, 4.69) is 43.5 Å².